The van der Waals surface area contributed by atoms with Crippen molar-refractivity contribution in [3.8, 4) is 0 Å². The van der Waals surface area contributed by atoms with Gasteiger partial charge in [-0.25, -0.2) is 0 Å². The third kappa shape index (κ3) is 5.91. The number of hydrogen-bond donors (Lipinski definition) is 1. The Labute approximate surface area is 134 Å². The number of halogens is 2. The van der Waals surface area contributed by atoms with Gasteiger partial charge in [-0.05, 0) is 18.7 Å². The second kappa shape index (κ2) is 8.87. The van der Waals surface area contributed by atoms with Crippen LogP contribution in [0.15, 0.2) is 18.2 Å². The highest BCUT2D eigenvalue weighted by atomic mass is 35.5. The van der Waals surface area contributed by atoms with Gasteiger partial charge >= 0.3 is 5.97 Å². The molecule has 0 aliphatic rings. The number of ether oxygens (including phenoxy) is 1. The van der Waals surface area contributed by atoms with Crippen LogP contribution in [-0.2, 0) is 14.3 Å². The van der Waals surface area contributed by atoms with Crippen LogP contribution in [0.1, 0.15) is 13.3 Å². The van der Waals surface area contributed by atoms with E-state index in [9.17, 15) is 9.59 Å². The van der Waals surface area contributed by atoms with Gasteiger partial charge in [-0.15, -0.1) is 0 Å². The van der Waals surface area contributed by atoms with E-state index in [2.05, 4.69) is 10.1 Å². The van der Waals surface area contributed by atoms with Gasteiger partial charge in [-0.3, -0.25) is 14.5 Å². The van der Waals surface area contributed by atoms with E-state index in [0.29, 0.717) is 28.8 Å². The van der Waals surface area contributed by atoms with Crippen LogP contribution in [0, 0.1) is 0 Å². The first kappa shape index (κ1) is 17.8. The molecule has 0 radical (unpaired) electrons. The van der Waals surface area contributed by atoms with E-state index >= 15 is 0 Å². The zero-order chi connectivity index (χ0) is 15.8. The fourth-order valence-electron chi connectivity index (χ4n) is 1.69. The molecule has 0 spiro atoms. The molecule has 0 aliphatic carbocycles. The van der Waals surface area contributed by atoms with Crippen LogP contribution in [0.5, 0.6) is 0 Å². The molecule has 1 aromatic carbocycles. The lowest BCUT2D eigenvalue weighted by molar-refractivity contribution is -0.141. The van der Waals surface area contributed by atoms with Crippen LogP contribution in [0.3, 0.4) is 0 Å². The zero-order valence-corrected chi connectivity index (χ0v) is 13.5. The average Bonchev–Trinajstić information content (AvgIpc) is 2.47. The normalized spacial score (nSPS) is 10.5. The third-order valence-electron chi connectivity index (χ3n) is 2.90. The van der Waals surface area contributed by atoms with E-state index in [0.717, 1.165) is 0 Å². The van der Waals surface area contributed by atoms with Crippen LogP contribution in [0.25, 0.3) is 0 Å². The molecule has 0 aliphatic heterocycles. The summed E-state index contributed by atoms with van der Waals surface area (Å²) in [5, 5.41) is 3.40. The fourth-order valence-corrected chi connectivity index (χ4v) is 2.04. The largest absolute Gasteiger partial charge is 0.469 e. The minimum absolute atomic E-state index is 0.163. The molecular formula is C14H18Cl2N2O3. The van der Waals surface area contributed by atoms with E-state index in [1.54, 1.807) is 18.2 Å². The molecule has 1 rings (SSSR count). The second-order valence-electron chi connectivity index (χ2n) is 4.34. The highest BCUT2D eigenvalue weighted by molar-refractivity contribution is 6.43. The summed E-state index contributed by atoms with van der Waals surface area (Å²) < 4.78 is 4.58. The molecule has 1 N–H and O–H groups in total. The molecule has 5 nitrogen and oxygen atoms in total. The second-order valence-corrected chi connectivity index (χ2v) is 5.13. The first-order chi connectivity index (χ1) is 9.97. The Bertz CT molecular complexity index is 509. The van der Waals surface area contributed by atoms with Gasteiger partial charge in [0, 0.05) is 6.54 Å². The van der Waals surface area contributed by atoms with Gasteiger partial charge in [0.15, 0.2) is 0 Å². The quantitative estimate of drug-likeness (QED) is 0.780. The van der Waals surface area contributed by atoms with Gasteiger partial charge in [0.2, 0.25) is 5.91 Å². The number of methoxy groups -OCH3 is 1. The fraction of sp³-hybridized carbons (Fsp3) is 0.429. The van der Waals surface area contributed by atoms with Crippen molar-refractivity contribution < 1.29 is 14.3 Å². The summed E-state index contributed by atoms with van der Waals surface area (Å²) in [6.07, 6.45) is 0.246. The third-order valence-corrected chi connectivity index (χ3v) is 3.72. The first-order valence-corrected chi connectivity index (χ1v) is 7.26. The summed E-state index contributed by atoms with van der Waals surface area (Å²) in [4.78, 5) is 24.9. The topological polar surface area (TPSA) is 58.6 Å². The SMILES string of the molecule is CCN(CCC(=O)OC)CC(=O)Nc1cccc(Cl)c1Cl. The zero-order valence-electron chi connectivity index (χ0n) is 12.0. The van der Waals surface area contributed by atoms with Crippen LogP contribution in [-0.4, -0.2) is 43.5 Å². The van der Waals surface area contributed by atoms with Crippen molar-refractivity contribution in [1.82, 2.24) is 4.90 Å². The van der Waals surface area contributed by atoms with Gasteiger partial charge in [-0.1, -0.05) is 36.2 Å². The summed E-state index contributed by atoms with van der Waals surface area (Å²) in [5.74, 6) is -0.516. The number of anilines is 1. The molecular weight excluding hydrogens is 315 g/mol. The molecule has 0 aromatic heterocycles. The van der Waals surface area contributed by atoms with E-state index in [1.807, 2.05) is 11.8 Å². The van der Waals surface area contributed by atoms with Crippen LogP contribution in [0.4, 0.5) is 5.69 Å². The van der Waals surface area contributed by atoms with Crippen molar-refractivity contribution in [2.24, 2.45) is 0 Å². The first-order valence-electron chi connectivity index (χ1n) is 6.51. The minimum atomic E-state index is -0.299. The Kier molecular flexibility index (Phi) is 7.50. The Morgan fingerprint density at radius 3 is 2.67 bits per heavy atom. The van der Waals surface area contributed by atoms with Gasteiger partial charge < -0.3 is 10.1 Å². The number of nitrogens with one attached hydrogen (secondary N) is 1. The molecule has 0 unspecified atom stereocenters. The molecule has 0 bridgehead atoms. The van der Waals surface area contributed by atoms with E-state index in [4.69, 9.17) is 23.2 Å². The molecule has 0 fully saturated rings. The van der Waals surface area contributed by atoms with Crippen molar-refractivity contribution in [3.63, 3.8) is 0 Å². The molecule has 0 heterocycles. The predicted octanol–water partition coefficient (Wildman–Crippen LogP) is 2.82. The highest BCUT2D eigenvalue weighted by Gasteiger charge is 2.13. The molecule has 0 atom stereocenters. The van der Waals surface area contributed by atoms with Crippen molar-refractivity contribution in [2.75, 3.05) is 32.1 Å². The number of amides is 1. The van der Waals surface area contributed by atoms with Gasteiger partial charge in [-0.2, -0.15) is 0 Å². The molecule has 116 valence electrons. The smallest absolute Gasteiger partial charge is 0.306 e. The van der Waals surface area contributed by atoms with Crippen LogP contribution >= 0.6 is 23.2 Å². The molecule has 1 amide bonds. The monoisotopic (exact) mass is 332 g/mol. The number of hydrogen-bond acceptors (Lipinski definition) is 4. The maximum absolute atomic E-state index is 12.0. The van der Waals surface area contributed by atoms with Gasteiger partial charge in [0.1, 0.15) is 0 Å². The van der Waals surface area contributed by atoms with E-state index < -0.39 is 0 Å². The summed E-state index contributed by atoms with van der Waals surface area (Å²) in [6.45, 7) is 3.18. The molecule has 21 heavy (non-hydrogen) atoms. The standard InChI is InChI=1S/C14H18Cl2N2O3/c1-3-18(8-7-13(20)21-2)9-12(19)17-11-6-4-5-10(15)14(11)16/h4-6H,3,7-9H2,1-2H3,(H,17,19). The molecule has 7 heteroatoms. The highest BCUT2D eigenvalue weighted by Crippen LogP contribution is 2.29. The molecule has 1 aromatic rings. The summed E-state index contributed by atoms with van der Waals surface area (Å²) in [5.41, 5.74) is 0.471. The Hall–Kier alpha value is -1.30. The van der Waals surface area contributed by atoms with Crippen molar-refractivity contribution in [1.29, 1.82) is 0 Å². The van der Waals surface area contributed by atoms with Crippen LogP contribution in [0.2, 0.25) is 10.0 Å². The van der Waals surface area contributed by atoms with E-state index in [-0.39, 0.29) is 24.8 Å². The lowest BCUT2D eigenvalue weighted by atomic mass is 10.3. The number of esters is 1. The van der Waals surface area contributed by atoms with Crippen molar-refractivity contribution >= 4 is 40.8 Å². The Morgan fingerprint density at radius 1 is 1.33 bits per heavy atom. The number of carbonyl (C=O) groups is 2. The minimum Gasteiger partial charge on any atom is -0.469 e. The average molecular weight is 333 g/mol. The predicted molar refractivity (Wildman–Crippen MR) is 83.8 cm³/mol. The number of rotatable bonds is 7. The van der Waals surface area contributed by atoms with E-state index in [1.165, 1.54) is 7.11 Å². The molecule has 0 saturated carbocycles. The summed E-state index contributed by atoms with van der Waals surface area (Å²) in [7, 11) is 1.34. The van der Waals surface area contributed by atoms with Crippen LogP contribution < -0.4 is 5.32 Å². The number of likely N-dealkylation sites (N-methyl/N-ethyl adjacent to an activating group) is 1. The van der Waals surface area contributed by atoms with Gasteiger partial charge in [0.05, 0.1) is 35.8 Å². The summed E-state index contributed by atoms with van der Waals surface area (Å²) in [6, 6.07) is 5.03. The maximum atomic E-state index is 12.0. The number of carbonyl (C=O) groups excluding carboxylic acids is 2. The van der Waals surface area contributed by atoms with Crippen molar-refractivity contribution in [2.45, 2.75) is 13.3 Å². The number of benzene rings is 1. The number of nitrogens with zero attached hydrogens (tertiary/aromatic N) is 1. The van der Waals surface area contributed by atoms with Crippen molar-refractivity contribution in [3.05, 3.63) is 28.2 Å². The molecule has 0 saturated heterocycles. The maximum Gasteiger partial charge on any atom is 0.306 e. The Balaban J connectivity index is 2.54. The lowest BCUT2D eigenvalue weighted by Crippen LogP contribution is -2.34. The lowest BCUT2D eigenvalue weighted by Gasteiger charge is -2.19. The summed E-state index contributed by atoms with van der Waals surface area (Å²) >= 11 is 11.9. The Morgan fingerprint density at radius 2 is 2.05 bits per heavy atom. The van der Waals surface area contributed by atoms with Gasteiger partial charge in [0.25, 0.3) is 0 Å².